The predicted molar refractivity (Wildman–Crippen MR) is 82.6 cm³/mol. The van der Waals surface area contributed by atoms with Crippen molar-refractivity contribution in [2.24, 2.45) is 0 Å². The highest BCUT2D eigenvalue weighted by Crippen LogP contribution is 2.35. The molecule has 4 nitrogen and oxygen atoms in total. The lowest BCUT2D eigenvalue weighted by Gasteiger charge is -2.24. The Morgan fingerprint density at radius 2 is 1.33 bits per heavy atom. The van der Waals surface area contributed by atoms with Crippen LogP contribution in [0.25, 0.3) is 0 Å². The van der Waals surface area contributed by atoms with Crippen molar-refractivity contribution in [2.45, 2.75) is 59.8 Å². The molecule has 0 amide bonds. The highest BCUT2D eigenvalue weighted by Gasteiger charge is 2.28. The first-order valence-electron chi connectivity index (χ1n) is 7.46. The molecule has 1 rings (SSSR count). The van der Waals surface area contributed by atoms with Crippen molar-refractivity contribution in [3.05, 3.63) is 33.4 Å². The minimum Gasteiger partial charge on any atom is -0.478 e. The smallest absolute Gasteiger partial charge is 0.336 e. The van der Waals surface area contributed by atoms with E-state index >= 15 is 0 Å². The van der Waals surface area contributed by atoms with E-state index in [1.807, 2.05) is 27.7 Å². The molecule has 0 saturated carbocycles. The Morgan fingerprint density at radius 3 is 1.57 bits per heavy atom. The number of rotatable bonds is 6. The molecule has 1 atom stereocenters. The van der Waals surface area contributed by atoms with E-state index < -0.39 is 11.9 Å². The second-order valence-electron chi connectivity index (χ2n) is 5.37. The second kappa shape index (κ2) is 6.74. The summed E-state index contributed by atoms with van der Waals surface area (Å²) < 4.78 is 0. The van der Waals surface area contributed by atoms with Crippen molar-refractivity contribution >= 4 is 11.9 Å². The molecule has 2 N–H and O–H groups in total. The third-order valence-electron chi connectivity index (χ3n) is 4.24. The van der Waals surface area contributed by atoms with Gasteiger partial charge in [0.05, 0.1) is 11.1 Å². The molecule has 0 radical (unpaired) electrons. The molecule has 4 heteroatoms. The fraction of sp³-hybridized carbons (Fsp3) is 0.529. The van der Waals surface area contributed by atoms with Crippen molar-refractivity contribution in [2.75, 3.05) is 0 Å². The zero-order valence-electron chi connectivity index (χ0n) is 13.4. The molecule has 116 valence electrons. The van der Waals surface area contributed by atoms with E-state index in [1.54, 1.807) is 6.92 Å². The van der Waals surface area contributed by atoms with Gasteiger partial charge in [0.15, 0.2) is 0 Å². The summed E-state index contributed by atoms with van der Waals surface area (Å²) in [5.74, 6) is -1.94. The molecular formula is C17H24O4. The standard InChI is InChI=1S/C17H24O4/c1-6-9(4)13-11(7-2)14(16(18)19)10(5)15(17(20)21)12(13)8-3/h9H,6-8H2,1-5H3,(H,18,19)(H,20,21). The van der Waals surface area contributed by atoms with Gasteiger partial charge in [-0.1, -0.05) is 27.7 Å². The van der Waals surface area contributed by atoms with E-state index in [9.17, 15) is 19.8 Å². The SMILES string of the molecule is CCc1c(C(=O)O)c(C)c(C(=O)O)c(CC)c1C(C)CC. The summed E-state index contributed by atoms with van der Waals surface area (Å²) in [5.41, 5.74) is 3.20. The Bertz CT molecular complexity index is 530. The molecule has 0 heterocycles. The lowest BCUT2D eigenvalue weighted by atomic mass is 9.79. The Labute approximate surface area is 125 Å². The van der Waals surface area contributed by atoms with Gasteiger partial charge in [-0.3, -0.25) is 0 Å². The van der Waals surface area contributed by atoms with Gasteiger partial charge in [-0.2, -0.15) is 0 Å². The van der Waals surface area contributed by atoms with Crippen LogP contribution in [0.5, 0.6) is 0 Å². The molecule has 0 aromatic heterocycles. The summed E-state index contributed by atoms with van der Waals surface area (Å²) in [5, 5.41) is 19.1. The molecule has 0 saturated heterocycles. The van der Waals surface area contributed by atoms with E-state index in [4.69, 9.17) is 0 Å². The third kappa shape index (κ3) is 2.94. The van der Waals surface area contributed by atoms with E-state index in [0.29, 0.717) is 18.4 Å². The maximum absolute atomic E-state index is 11.6. The molecule has 21 heavy (non-hydrogen) atoms. The summed E-state index contributed by atoms with van der Waals surface area (Å²) in [6, 6.07) is 0. The molecule has 0 spiro atoms. The zero-order valence-corrected chi connectivity index (χ0v) is 13.4. The lowest BCUT2D eigenvalue weighted by Crippen LogP contribution is -2.18. The number of hydrogen-bond acceptors (Lipinski definition) is 2. The monoisotopic (exact) mass is 292 g/mol. The average molecular weight is 292 g/mol. The summed E-state index contributed by atoms with van der Waals surface area (Å²) in [7, 11) is 0. The highest BCUT2D eigenvalue weighted by molar-refractivity contribution is 5.99. The maximum Gasteiger partial charge on any atom is 0.336 e. The van der Waals surface area contributed by atoms with Crippen LogP contribution in [0.2, 0.25) is 0 Å². The van der Waals surface area contributed by atoms with E-state index in [1.165, 1.54) is 0 Å². The number of carboxylic acids is 2. The summed E-state index contributed by atoms with van der Waals surface area (Å²) >= 11 is 0. The van der Waals surface area contributed by atoms with E-state index in [2.05, 4.69) is 0 Å². The van der Waals surface area contributed by atoms with Crippen LogP contribution in [0.1, 0.15) is 83.0 Å². The van der Waals surface area contributed by atoms with Gasteiger partial charge in [0.25, 0.3) is 0 Å². The number of hydrogen-bond donors (Lipinski definition) is 2. The number of aromatic carboxylic acids is 2. The number of carboxylic acid groups (broad SMARTS) is 2. The average Bonchev–Trinajstić information content (AvgIpc) is 2.43. The van der Waals surface area contributed by atoms with Gasteiger partial charge >= 0.3 is 11.9 Å². The van der Waals surface area contributed by atoms with Gasteiger partial charge in [-0.25, -0.2) is 9.59 Å². The van der Waals surface area contributed by atoms with Gasteiger partial charge in [0.1, 0.15) is 0 Å². The summed E-state index contributed by atoms with van der Waals surface area (Å²) in [6.07, 6.45) is 2.03. The zero-order chi connectivity index (χ0) is 16.3. The van der Waals surface area contributed by atoms with Gasteiger partial charge in [-0.05, 0) is 54.4 Å². The van der Waals surface area contributed by atoms with Crippen molar-refractivity contribution in [3.63, 3.8) is 0 Å². The van der Waals surface area contributed by atoms with Crippen molar-refractivity contribution in [1.82, 2.24) is 0 Å². The minimum atomic E-state index is -1.04. The van der Waals surface area contributed by atoms with Crippen molar-refractivity contribution in [3.8, 4) is 0 Å². The lowest BCUT2D eigenvalue weighted by molar-refractivity contribution is 0.0694. The topological polar surface area (TPSA) is 74.6 Å². The van der Waals surface area contributed by atoms with E-state index in [0.717, 1.165) is 23.1 Å². The van der Waals surface area contributed by atoms with Gasteiger partial charge in [0, 0.05) is 0 Å². The molecule has 0 aliphatic carbocycles. The van der Waals surface area contributed by atoms with Crippen LogP contribution in [0.4, 0.5) is 0 Å². The minimum absolute atomic E-state index is 0.145. The van der Waals surface area contributed by atoms with Gasteiger partial charge < -0.3 is 10.2 Å². The molecule has 0 aliphatic heterocycles. The molecular weight excluding hydrogens is 268 g/mol. The third-order valence-corrected chi connectivity index (χ3v) is 4.24. The van der Waals surface area contributed by atoms with Crippen molar-refractivity contribution in [1.29, 1.82) is 0 Å². The Balaban J connectivity index is 3.99. The predicted octanol–water partition coefficient (Wildman–Crippen LogP) is 4.03. The Hall–Kier alpha value is -1.84. The summed E-state index contributed by atoms with van der Waals surface area (Å²) in [4.78, 5) is 23.3. The van der Waals surface area contributed by atoms with Crippen LogP contribution >= 0.6 is 0 Å². The van der Waals surface area contributed by atoms with Gasteiger partial charge in [-0.15, -0.1) is 0 Å². The molecule has 0 aliphatic rings. The first kappa shape index (κ1) is 17.2. The Morgan fingerprint density at radius 1 is 0.952 bits per heavy atom. The van der Waals surface area contributed by atoms with Crippen LogP contribution in [0, 0.1) is 6.92 Å². The molecule has 0 bridgehead atoms. The highest BCUT2D eigenvalue weighted by atomic mass is 16.4. The molecule has 1 unspecified atom stereocenters. The molecule has 1 aromatic carbocycles. The first-order chi connectivity index (χ1) is 9.81. The molecule has 1 aromatic rings. The van der Waals surface area contributed by atoms with Crippen LogP contribution in [0.3, 0.4) is 0 Å². The fourth-order valence-corrected chi connectivity index (χ4v) is 3.14. The maximum atomic E-state index is 11.6. The van der Waals surface area contributed by atoms with Gasteiger partial charge in [0.2, 0.25) is 0 Å². The Kier molecular flexibility index (Phi) is 5.53. The normalized spacial score (nSPS) is 12.2. The number of benzene rings is 1. The van der Waals surface area contributed by atoms with Crippen LogP contribution in [-0.4, -0.2) is 22.2 Å². The fourth-order valence-electron chi connectivity index (χ4n) is 3.14. The van der Waals surface area contributed by atoms with E-state index in [-0.39, 0.29) is 17.0 Å². The summed E-state index contributed by atoms with van der Waals surface area (Å²) in [6.45, 7) is 9.51. The van der Waals surface area contributed by atoms with Crippen molar-refractivity contribution < 1.29 is 19.8 Å². The quantitative estimate of drug-likeness (QED) is 0.830. The van der Waals surface area contributed by atoms with Crippen LogP contribution < -0.4 is 0 Å². The second-order valence-corrected chi connectivity index (χ2v) is 5.37. The largest absolute Gasteiger partial charge is 0.478 e. The molecule has 0 fully saturated rings. The van der Waals surface area contributed by atoms with Crippen LogP contribution in [-0.2, 0) is 12.8 Å². The number of carbonyl (C=O) groups is 2. The first-order valence-corrected chi connectivity index (χ1v) is 7.46. The van der Waals surface area contributed by atoms with Crippen LogP contribution in [0.15, 0.2) is 0 Å².